The van der Waals surface area contributed by atoms with Crippen molar-refractivity contribution in [3.63, 3.8) is 0 Å². The third-order valence-corrected chi connectivity index (χ3v) is 3.96. The van der Waals surface area contributed by atoms with Gasteiger partial charge in [-0.05, 0) is 18.4 Å². The van der Waals surface area contributed by atoms with E-state index in [4.69, 9.17) is 0 Å². The monoisotopic (exact) mass is 367 g/mol. The predicted octanol–water partition coefficient (Wildman–Crippen LogP) is 1.96. The van der Waals surface area contributed by atoms with Gasteiger partial charge in [0, 0.05) is 18.2 Å². The molecule has 0 spiro atoms. The van der Waals surface area contributed by atoms with Gasteiger partial charge in [-0.15, -0.1) is 0 Å². The first-order valence-corrected chi connectivity index (χ1v) is 7.96. The van der Waals surface area contributed by atoms with Gasteiger partial charge in [-0.3, -0.25) is 4.79 Å². The molecule has 0 aliphatic heterocycles. The Balaban J connectivity index is 2.01. The molecule has 138 valence electrons. The lowest BCUT2D eigenvalue weighted by Gasteiger charge is -2.14. The Morgan fingerprint density at radius 1 is 1.23 bits per heavy atom. The van der Waals surface area contributed by atoms with Gasteiger partial charge in [0.05, 0.1) is 5.69 Å². The van der Waals surface area contributed by atoms with Crippen LogP contribution in [0.4, 0.5) is 19.0 Å². The number of alkyl halides is 3. The molecule has 0 aliphatic rings. The first kappa shape index (κ1) is 17.8. The number of nitrogens with one attached hydrogen (secondary N) is 2. The normalized spacial score (nSPS) is 11.9. The Kier molecular flexibility index (Phi) is 4.62. The van der Waals surface area contributed by atoms with Crippen molar-refractivity contribution in [2.24, 2.45) is 0 Å². The number of H-pyrrole nitrogens is 1. The number of fused-ring (bicyclic) bond motifs is 1. The van der Waals surface area contributed by atoms with Crippen LogP contribution in [-0.4, -0.2) is 29.8 Å². The van der Waals surface area contributed by atoms with Crippen molar-refractivity contribution >= 4 is 11.6 Å². The number of anilines is 1. The van der Waals surface area contributed by atoms with E-state index in [1.54, 1.807) is 0 Å². The molecule has 0 atom stereocenters. The molecular weight excluding hydrogens is 351 g/mol. The van der Waals surface area contributed by atoms with E-state index < -0.39 is 11.9 Å². The van der Waals surface area contributed by atoms with E-state index in [2.05, 4.69) is 30.6 Å². The SMILES string of the molecule is CCc1n[nH]c(=O)c(CNc2cc(C(F)(F)F)nc3ncnn23)c1CC. The molecule has 3 aromatic heterocycles. The summed E-state index contributed by atoms with van der Waals surface area (Å²) in [7, 11) is 0. The number of aryl methyl sites for hydroxylation is 1. The van der Waals surface area contributed by atoms with Crippen LogP contribution in [0.2, 0.25) is 0 Å². The van der Waals surface area contributed by atoms with Crippen LogP contribution in [0.1, 0.15) is 36.4 Å². The quantitative estimate of drug-likeness (QED) is 0.715. The summed E-state index contributed by atoms with van der Waals surface area (Å²) < 4.78 is 40.3. The van der Waals surface area contributed by atoms with Crippen LogP contribution in [0.5, 0.6) is 0 Å². The Labute approximate surface area is 145 Å². The van der Waals surface area contributed by atoms with Crippen LogP contribution < -0.4 is 10.9 Å². The van der Waals surface area contributed by atoms with Crippen molar-refractivity contribution in [1.82, 2.24) is 29.8 Å². The summed E-state index contributed by atoms with van der Waals surface area (Å²) in [5.74, 6) is -0.146. The van der Waals surface area contributed by atoms with Gasteiger partial charge < -0.3 is 5.32 Å². The van der Waals surface area contributed by atoms with E-state index in [0.29, 0.717) is 18.4 Å². The highest BCUT2D eigenvalue weighted by Crippen LogP contribution is 2.29. The van der Waals surface area contributed by atoms with Crippen LogP contribution >= 0.6 is 0 Å². The molecule has 0 aliphatic carbocycles. The fraction of sp³-hybridized carbons (Fsp3) is 0.400. The van der Waals surface area contributed by atoms with E-state index in [9.17, 15) is 18.0 Å². The van der Waals surface area contributed by atoms with Gasteiger partial charge in [0.2, 0.25) is 0 Å². The molecule has 0 saturated heterocycles. The first-order valence-electron chi connectivity index (χ1n) is 7.96. The molecule has 0 unspecified atom stereocenters. The van der Waals surface area contributed by atoms with Crippen molar-refractivity contribution in [2.75, 3.05) is 5.32 Å². The van der Waals surface area contributed by atoms with Crippen molar-refractivity contribution in [1.29, 1.82) is 0 Å². The molecule has 26 heavy (non-hydrogen) atoms. The van der Waals surface area contributed by atoms with Crippen molar-refractivity contribution in [2.45, 2.75) is 39.4 Å². The van der Waals surface area contributed by atoms with Gasteiger partial charge in [0.1, 0.15) is 12.1 Å². The van der Waals surface area contributed by atoms with Crippen LogP contribution in [0.3, 0.4) is 0 Å². The third-order valence-electron chi connectivity index (χ3n) is 3.96. The average Bonchev–Trinajstić information content (AvgIpc) is 3.08. The van der Waals surface area contributed by atoms with E-state index in [0.717, 1.165) is 28.2 Å². The summed E-state index contributed by atoms with van der Waals surface area (Å²) in [6.07, 6.45) is -2.30. The maximum absolute atomic E-state index is 13.0. The summed E-state index contributed by atoms with van der Waals surface area (Å²) in [5.41, 5.74) is 0.489. The van der Waals surface area contributed by atoms with E-state index in [1.807, 2.05) is 13.8 Å². The number of aromatic nitrogens is 6. The van der Waals surface area contributed by atoms with Crippen LogP contribution in [-0.2, 0) is 25.6 Å². The van der Waals surface area contributed by atoms with E-state index in [-0.39, 0.29) is 23.7 Å². The minimum atomic E-state index is -4.62. The van der Waals surface area contributed by atoms with Gasteiger partial charge >= 0.3 is 6.18 Å². The second kappa shape index (κ2) is 6.73. The average molecular weight is 367 g/mol. The minimum absolute atomic E-state index is 0.0182. The van der Waals surface area contributed by atoms with Crippen molar-refractivity contribution in [3.8, 4) is 0 Å². The largest absolute Gasteiger partial charge is 0.433 e. The zero-order valence-corrected chi connectivity index (χ0v) is 14.1. The molecule has 3 rings (SSSR count). The zero-order valence-electron chi connectivity index (χ0n) is 14.1. The highest BCUT2D eigenvalue weighted by molar-refractivity contribution is 5.46. The molecule has 0 bridgehead atoms. The van der Waals surface area contributed by atoms with Gasteiger partial charge in [-0.1, -0.05) is 13.8 Å². The second-order valence-corrected chi connectivity index (χ2v) is 5.51. The lowest BCUT2D eigenvalue weighted by molar-refractivity contribution is -0.141. The summed E-state index contributed by atoms with van der Waals surface area (Å²) >= 11 is 0. The topological polar surface area (TPSA) is 101 Å². The number of hydrogen-bond donors (Lipinski definition) is 2. The smallest absolute Gasteiger partial charge is 0.366 e. The van der Waals surface area contributed by atoms with Crippen molar-refractivity contribution in [3.05, 3.63) is 45.3 Å². The maximum Gasteiger partial charge on any atom is 0.433 e. The summed E-state index contributed by atoms with van der Waals surface area (Å²) in [4.78, 5) is 19.3. The Morgan fingerprint density at radius 3 is 2.65 bits per heavy atom. The molecule has 0 amide bonds. The Morgan fingerprint density at radius 2 is 2.00 bits per heavy atom. The summed E-state index contributed by atoms with van der Waals surface area (Å²) in [6, 6.07) is 0.837. The number of hydrogen-bond acceptors (Lipinski definition) is 6. The Hall–Kier alpha value is -2.98. The van der Waals surface area contributed by atoms with Gasteiger partial charge in [-0.2, -0.15) is 32.9 Å². The van der Waals surface area contributed by atoms with Gasteiger partial charge in [-0.25, -0.2) is 10.1 Å². The molecule has 3 aromatic rings. The number of halogens is 3. The van der Waals surface area contributed by atoms with Gasteiger partial charge in [0.25, 0.3) is 11.3 Å². The summed E-state index contributed by atoms with van der Waals surface area (Å²) in [6.45, 7) is 3.82. The third kappa shape index (κ3) is 3.24. The lowest BCUT2D eigenvalue weighted by Crippen LogP contribution is -2.23. The molecular formula is C15H16F3N7O. The maximum atomic E-state index is 13.0. The fourth-order valence-electron chi connectivity index (χ4n) is 2.72. The highest BCUT2D eigenvalue weighted by Gasteiger charge is 2.34. The fourth-order valence-corrected chi connectivity index (χ4v) is 2.72. The minimum Gasteiger partial charge on any atom is -0.366 e. The number of nitrogens with zero attached hydrogens (tertiary/aromatic N) is 5. The molecule has 8 nitrogen and oxygen atoms in total. The molecule has 3 heterocycles. The van der Waals surface area contributed by atoms with Crippen molar-refractivity contribution < 1.29 is 13.2 Å². The van der Waals surface area contributed by atoms with E-state index in [1.165, 1.54) is 0 Å². The Bertz CT molecular complexity index is 993. The van der Waals surface area contributed by atoms with Crippen LogP contribution in [0.15, 0.2) is 17.2 Å². The van der Waals surface area contributed by atoms with E-state index >= 15 is 0 Å². The second-order valence-electron chi connectivity index (χ2n) is 5.51. The van der Waals surface area contributed by atoms with Gasteiger partial charge in [0.15, 0.2) is 5.69 Å². The number of rotatable bonds is 5. The summed E-state index contributed by atoms with van der Waals surface area (Å²) in [5, 5.41) is 13.2. The lowest BCUT2D eigenvalue weighted by atomic mass is 10.0. The molecule has 0 fully saturated rings. The standard InChI is InChI=1S/C15H16F3N7O/c1-3-8-9(13(26)24-23-10(8)4-2)6-19-12-5-11(15(16,17)18)22-14-20-7-21-25(12)14/h5,7,19H,3-4,6H2,1-2H3,(H,24,26). The molecule has 2 N–H and O–H groups in total. The molecule has 0 saturated carbocycles. The zero-order chi connectivity index (χ0) is 18.9. The molecule has 11 heteroatoms. The number of aromatic amines is 1. The van der Waals surface area contributed by atoms with Crippen LogP contribution in [0.25, 0.3) is 5.78 Å². The molecule has 0 radical (unpaired) electrons. The highest BCUT2D eigenvalue weighted by atomic mass is 19.4. The van der Waals surface area contributed by atoms with Crippen LogP contribution in [0, 0.1) is 0 Å². The molecule has 0 aromatic carbocycles. The predicted molar refractivity (Wildman–Crippen MR) is 86.7 cm³/mol. The first-order chi connectivity index (χ1) is 12.3.